The summed E-state index contributed by atoms with van der Waals surface area (Å²) in [5.41, 5.74) is 0.108. The summed E-state index contributed by atoms with van der Waals surface area (Å²) in [4.78, 5) is 13.7. The third-order valence-electron chi connectivity index (χ3n) is 3.09. The van der Waals surface area contributed by atoms with Gasteiger partial charge in [-0.05, 0) is 41.4 Å². The first-order chi connectivity index (χ1) is 9.09. The summed E-state index contributed by atoms with van der Waals surface area (Å²) in [5, 5.41) is 0.168. The van der Waals surface area contributed by atoms with Crippen LogP contribution in [-0.2, 0) is 9.05 Å². The van der Waals surface area contributed by atoms with Crippen LogP contribution in [0.5, 0.6) is 0 Å². The SMILES string of the molecule is CCC(C)N(C)C(=O)c1cc(S(=O)(=O)Cl)c(Br)cc1Cl. The zero-order chi connectivity index (χ0) is 15.7. The van der Waals surface area contributed by atoms with E-state index in [1.807, 2.05) is 13.8 Å². The first-order valence-corrected chi connectivity index (χ1v) is 9.28. The zero-order valence-electron chi connectivity index (χ0n) is 11.2. The van der Waals surface area contributed by atoms with Crippen LogP contribution in [-0.4, -0.2) is 32.3 Å². The molecule has 0 spiro atoms. The van der Waals surface area contributed by atoms with Crippen LogP contribution >= 0.6 is 38.2 Å². The zero-order valence-corrected chi connectivity index (χ0v) is 15.1. The minimum absolute atomic E-state index is 0.0123. The molecule has 0 fully saturated rings. The minimum atomic E-state index is -3.96. The van der Waals surface area contributed by atoms with Crippen molar-refractivity contribution in [3.8, 4) is 0 Å². The van der Waals surface area contributed by atoms with E-state index >= 15 is 0 Å². The number of hydrogen-bond donors (Lipinski definition) is 0. The second-order valence-electron chi connectivity index (χ2n) is 4.37. The van der Waals surface area contributed by atoms with Crippen molar-refractivity contribution in [2.24, 2.45) is 0 Å². The summed E-state index contributed by atoms with van der Waals surface area (Å²) in [6.45, 7) is 3.84. The van der Waals surface area contributed by atoms with Gasteiger partial charge in [0, 0.05) is 28.2 Å². The average molecular weight is 403 g/mol. The van der Waals surface area contributed by atoms with E-state index < -0.39 is 9.05 Å². The summed E-state index contributed by atoms with van der Waals surface area (Å²) < 4.78 is 23.2. The highest BCUT2D eigenvalue weighted by molar-refractivity contribution is 9.10. The Morgan fingerprint density at radius 2 is 2.00 bits per heavy atom. The molecule has 1 rings (SSSR count). The normalized spacial score (nSPS) is 13.1. The van der Waals surface area contributed by atoms with Crippen molar-refractivity contribution in [1.82, 2.24) is 4.90 Å². The summed E-state index contributed by atoms with van der Waals surface area (Å²) in [5.74, 6) is -0.349. The average Bonchev–Trinajstić information content (AvgIpc) is 2.34. The van der Waals surface area contributed by atoms with Crippen LogP contribution in [0.4, 0.5) is 0 Å². The summed E-state index contributed by atoms with van der Waals surface area (Å²) in [6.07, 6.45) is 0.775. The van der Waals surface area contributed by atoms with Crippen LogP contribution in [0, 0.1) is 0 Å². The Labute approximate surface area is 136 Å². The molecule has 1 aromatic rings. The third-order valence-corrected chi connectivity index (χ3v) is 5.68. The van der Waals surface area contributed by atoms with Gasteiger partial charge in [-0.25, -0.2) is 8.42 Å². The van der Waals surface area contributed by atoms with Crippen LogP contribution < -0.4 is 0 Å². The fourth-order valence-corrected chi connectivity index (χ4v) is 4.12. The molecule has 1 atom stereocenters. The maximum atomic E-state index is 12.3. The molecule has 1 amide bonds. The molecule has 0 aromatic heterocycles. The monoisotopic (exact) mass is 401 g/mol. The molecule has 1 aromatic carbocycles. The van der Waals surface area contributed by atoms with Gasteiger partial charge in [0.2, 0.25) is 0 Å². The lowest BCUT2D eigenvalue weighted by molar-refractivity contribution is 0.0740. The number of hydrogen-bond acceptors (Lipinski definition) is 3. The van der Waals surface area contributed by atoms with Crippen molar-refractivity contribution in [3.05, 3.63) is 27.2 Å². The molecule has 0 radical (unpaired) electrons. The lowest BCUT2D eigenvalue weighted by Gasteiger charge is -2.24. The number of nitrogens with zero attached hydrogens (tertiary/aromatic N) is 1. The highest BCUT2D eigenvalue weighted by Gasteiger charge is 2.23. The largest absolute Gasteiger partial charge is 0.339 e. The van der Waals surface area contributed by atoms with Gasteiger partial charge < -0.3 is 4.90 Å². The lowest BCUT2D eigenvalue weighted by Crippen LogP contribution is -2.34. The van der Waals surface area contributed by atoms with Crippen molar-refractivity contribution < 1.29 is 13.2 Å². The van der Waals surface area contributed by atoms with Crippen LogP contribution in [0.1, 0.15) is 30.6 Å². The first kappa shape index (κ1) is 17.8. The van der Waals surface area contributed by atoms with Gasteiger partial charge >= 0.3 is 0 Å². The molecular weight excluding hydrogens is 389 g/mol. The summed E-state index contributed by atoms with van der Waals surface area (Å²) in [6, 6.07) is 2.56. The number of carbonyl (C=O) groups is 1. The molecule has 0 bridgehead atoms. The van der Waals surface area contributed by atoms with Gasteiger partial charge in [-0.2, -0.15) is 0 Å². The minimum Gasteiger partial charge on any atom is -0.339 e. The van der Waals surface area contributed by atoms with E-state index in [1.54, 1.807) is 7.05 Å². The molecule has 0 saturated carbocycles. The second kappa shape index (κ2) is 6.64. The number of amides is 1. The van der Waals surface area contributed by atoms with Gasteiger partial charge in [0.15, 0.2) is 0 Å². The van der Waals surface area contributed by atoms with Crippen LogP contribution in [0.15, 0.2) is 21.5 Å². The molecule has 0 aliphatic heterocycles. The second-order valence-corrected chi connectivity index (χ2v) is 8.17. The standard InChI is InChI=1S/C12H14BrCl2NO3S/c1-4-7(2)16(3)12(17)8-5-11(20(15,18)19)9(13)6-10(8)14/h5-7H,4H2,1-3H3. The van der Waals surface area contributed by atoms with Crippen molar-refractivity contribution in [1.29, 1.82) is 0 Å². The highest BCUT2D eigenvalue weighted by atomic mass is 79.9. The van der Waals surface area contributed by atoms with Gasteiger partial charge in [-0.3, -0.25) is 4.79 Å². The Balaban J connectivity index is 3.36. The van der Waals surface area contributed by atoms with Crippen molar-refractivity contribution in [2.45, 2.75) is 31.2 Å². The van der Waals surface area contributed by atoms with E-state index in [2.05, 4.69) is 15.9 Å². The summed E-state index contributed by atoms with van der Waals surface area (Å²) >= 11 is 9.10. The van der Waals surface area contributed by atoms with Gasteiger partial charge in [-0.1, -0.05) is 18.5 Å². The van der Waals surface area contributed by atoms with E-state index in [1.165, 1.54) is 17.0 Å². The van der Waals surface area contributed by atoms with E-state index in [0.717, 1.165) is 6.42 Å². The summed E-state index contributed by atoms with van der Waals surface area (Å²) in [7, 11) is 3.02. The van der Waals surface area contributed by atoms with E-state index in [4.69, 9.17) is 22.3 Å². The molecule has 1 unspecified atom stereocenters. The fraction of sp³-hybridized carbons (Fsp3) is 0.417. The molecular formula is C12H14BrCl2NO3S. The number of carbonyl (C=O) groups excluding carboxylic acids is 1. The maximum absolute atomic E-state index is 12.3. The van der Waals surface area contributed by atoms with Crippen molar-refractivity contribution in [2.75, 3.05) is 7.05 Å². The predicted molar refractivity (Wildman–Crippen MR) is 84.0 cm³/mol. The van der Waals surface area contributed by atoms with Gasteiger partial charge in [0.05, 0.1) is 15.5 Å². The Hall–Kier alpha value is -0.300. The Kier molecular flexibility index (Phi) is 5.89. The lowest BCUT2D eigenvalue weighted by atomic mass is 10.1. The molecule has 0 heterocycles. The van der Waals surface area contributed by atoms with Gasteiger partial charge in [-0.15, -0.1) is 0 Å². The highest BCUT2D eigenvalue weighted by Crippen LogP contribution is 2.31. The fourth-order valence-electron chi connectivity index (χ4n) is 1.54. The molecule has 8 heteroatoms. The van der Waals surface area contributed by atoms with Crippen molar-refractivity contribution >= 4 is 53.2 Å². The quantitative estimate of drug-likeness (QED) is 0.717. The Morgan fingerprint density at radius 1 is 1.45 bits per heavy atom. The van der Waals surface area contributed by atoms with Crippen LogP contribution in [0.2, 0.25) is 5.02 Å². The third kappa shape index (κ3) is 3.87. The van der Waals surface area contributed by atoms with E-state index in [0.29, 0.717) is 0 Å². The molecule has 0 saturated heterocycles. The topological polar surface area (TPSA) is 54.5 Å². The van der Waals surface area contributed by atoms with Crippen LogP contribution in [0.3, 0.4) is 0 Å². The molecule has 0 aliphatic rings. The molecule has 112 valence electrons. The van der Waals surface area contributed by atoms with Crippen LogP contribution in [0.25, 0.3) is 0 Å². The number of benzene rings is 1. The van der Waals surface area contributed by atoms with Gasteiger partial charge in [0.25, 0.3) is 15.0 Å². The Morgan fingerprint density at radius 3 is 2.45 bits per heavy atom. The molecule has 20 heavy (non-hydrogen) atoms. The Bertz CT molecular complexity index is 634. The smallest absolute Gasteiger partial charge is 0.262 e. The first-order valence-electron chi connectivity index (χ1n) is 5.80. The maximum Gasteiger partial charge on any atom is 0.262 e. The number of halogens is 3. The molecule has 4 nitrogen and oxygen atoms in total. The predicted octanol–water partition coefficient (Wildman–Crippen LogP) is 3.90. The molecule has 0 N–H and O–H groups in total. The van der Waals surface area contributed by atoms with E-state index in [-0.39, 0.29) is 31.9 Å². The van der Waals surface area contributed by atoms with E-state index in [9.17, 15) is 13.2 Å². The van der Waals surface area contributed by atoms with Gasteiger partial charge in [0.1, 0.15) is 0 Å². The molecule has 0 aliphatic carbocycles. The van der Waals surface area contributed by atoms with Crippen molar-refractivity contribution in [3.63, 3.8) is 0 Å². The number of rotatable bonds is 4.